The Balaban J connectivity index is 2.69. The molecular formula is C10H19NO2. The summed E-state index contributed by atoms with van der Waals surface area (Å²) in [6, 6.07) is 0.908. The fourth-order valence-corrected chi connectivity index (χ4v) is 2.25. The highest BCUT2D eigenvalue weighted by Crippen LogP contribution is 2.26. The Morgan fingerprint density at radius 3 is 2.54 bits per heavy atom. The maximum absolute atomic E-state index is 11.4. The molecular weight excluding hydrogens is 166 g/mol. The number of hydrogen-bond donors (Lipinski definition) is 0. The van der Waals surface area contributed by atoms with E-state index >= 15 is 0 Å². The van der Waals surface area contributed by atoms with Gasteiger partial charge in [-0.15, -0.1) is 0 Å². The summed E-state index contributed by atoms with van der Waals surface area (Å²) in [6.07, 6.45) is 2.03. The van der Waals surface area contributed by atoms with Crippen molar-refractivity contribution in [2.45, 2.75) is 51.7 Å². The zero-order valence-electron chi connectivity index (χ0n) is 8.91. The first-order valence-electron chi connectivity index (χ1n) is 4.93. The first-order chi connectivity index (χ1) is 6.07. The Kier molecular flexibility index (Phi) is 3.31. The summed E-state index contributed by atoms with van der Waals surface area (Å²) >= 11 is 0. The Hall–Kier alpha value is -0.570. The minimum absolute atomic E-state index is 0.0139. The lowest BCUT2D eigenvalue weighted by Gasteiger charge is -2.30. The summed E-state index contributed by atoms with van der Waals surface area (Å²) in [4.78, 5) is 13.7. The first kappa shape index (κ1) is 10.5. The van der Waals surface area contributed by atoms with Crippen LogP contribution in [0.3, 0.4) is 0 Å². The van der Waals surface area contributed by atoms with Crippen molar-refractivity contribution in [3.8, 4) is 0 Å². The van der Waals surface area contributed by atoms with Crippen molar-refractivity contribution in [2.24, 2.45) is 0 Å². The van der Waals surface area contributed by atoms with Gasteiger partial charge in [0.2, 0.25) is 0 Å². The van der Waals surface area contributed by atoms with E-state index in [9.17, 15) is 4.79 Å². The van der Waals surface area contributed by atoms with Crippen LogP contribution in [0.5, 0.6) is 0 Å². The van der Waals surface area contributed by atoms with Gasteiger partial charge in [0.25, 0.3) is 0 Å². The standard InChI is InChI=1S/C10H19NO2/c1-7(2)11-8(3)5-6-9(11)10(12)13-4/h7-9H,5-6H2,1-4H3/t8-,9-/m0/s1. The molecule has 1 heterocycles. The monoisotopic (exact) mass is 185 g/mol. The van der Waals surface area contributed by atoms with E-state index in [0.29, 0.717) is 12.1 Å². The number of carbonyl (C=O) groups excluding carboxylic acids is 1. The summed E-state index contributed by atoms with van der Waals surface area (Å²) in [5, 5.41) is 0. The molecule has 0 amide bonds. The fourth-order valence-electron chi connectivity index (χ4n) is 2.25. The second-order valence-corrected chi connectivity index (χ2v) is 4.01. The third-order valence-corrected chi connectivity index (χ3v) is 2.80. The number of rotatable bonds is 2. The lowest BCUT2D eigenvalue weighted by molar-refractivity contribution is -0.147. The highest BCUT2D eigenvalue weighted by molar-refractivity contribution is 5.76. The van der Waals surface area contributed by atoms with E-state index in [2.05, 4.69) is 25.7 Å². The first-order valence-corrected chi connectivity index (χ1v) is 4.93. The highest BCUT2D eigenvalue weighted by Gasteiger charge is 2.37. The Morgan fingerprint density at radius 2 is 2.08 bits per heavy atom. The van der Waals surface area contributed by atoms with Gasteiger partial charge in [0.1, 0.15) is 6.04 Å². The molecule has 0 radical (unpaired) electrons. The molecule has 3 heteroatoms. The number of methoxy groups -OCH3 is 1. The molecule has 0 bridgehead atoms. The molecule has 0 aromatic carbocycles. The highest BCUT2D eigenvalue weighted by atomic mass is 16.5. The van der Waals surface area contributed by atoms with E-state index in [-0.39, 0.29) is 12.0 Å². The van der Waals surface area contributed by atoms with E-state index in [1.54, 1.807) is 0 Å². The number of likely N-dealkylation sites (tertiary alicyclic amines) is 1. The molecule has 0 aromatic heterocycles. The molecule has 3 nitrogen and oxygen atoms in total. The largest absolute Gasteiger partial charge is 0.468 e. The van der Waals surface area contributed by atoms with E-state index in [1.165, 1.54) is 7.11 Å². The minimum Gasteiger partial charge on any atom is -0.468 e. The average Bonchev–Trinajstić information content (AvgIpc) is 2.45. The Bertz CT molecular complexity index is 191. The smallest absolute Gasteiger partial charge is 0.323 e. The average molecular weight is 185 g/mol. The van der Waals surface area contributed by atoms with Gasteiger partial charge >= 0.3 is 5.97 Å². The third-order valence-electron chi connectivity index (χ3n) is 2.80. The molecule has 0 aromatic rings. The van der Waals surface area contributed by atoms with E-state index in [1.807, 2.05) is 0 Å². The van der Waals surface area contributed by atoms with Gasteiger partial charge in [0.15, 0.2) is 0 Å². The van der Waals surface area contributed by atoms with Crippen LogP contribution in [0.4, 0.5) is 0 Å². The molecule has 1 aliphatic rings. The van der Waals surface area contributed by atoms with Gasteiger partial charge in [0, 0.05) is 12.1 Å². The zero-order chi connectivity index (χ0) is 10.0. The number of nitrogens with zero attached hydrogens (tertiary/aromatic N) is 1. The summed E-state index contributed by atoms with van der Waals surface area (Å²) in [5.74, 6) is -0.0851. The predicted molar refractivity (Wildman–Crippen MR) is 51.5 cm³/mol. The van der Waals surface area contributed by atoms with Crippen LogP contribution in [0.2, 0.25) is 0 Å². The molecule has 0 saturated carbocycles. The van der Waals surface area contributed by atoms with Gasteiger partial charge in [0.05, 0.1) is 7.11 Å². The van der Waals surface area contributed by atoms with Crippen molar-refractivity contribution in [1.82, 2.24) is 4.90 Å². The van der Waals surface area contributed by atoms with Crippen LogP contribution < -0.4 is 0 Å². The van der Waals surface area contributed by atoms with Gasteiger partial charge < -0.3 is 4.74 Å². The van der Waals surface area contributed by atoms with Crippen molar-refractivity contribution in [1.29, 1.82) is 0 Å². The van der Waals surface area contributed by atoms with Crippen LogP contribution in [-0.4, -0.2) is 36.1 Å². The molecule has 13 heavy (non-hydrogen) atoms. The second kappa shape index (κ2) is 4.09. The van der Waals surface area contributed by atoms with E-state index in [4.69, 9.17) is 4.74 Å². The van der Waals surface area contributed by atoms with Crippen LogP contribution in [0, 0.1) is 0 Å². The minimum atomic E-state index is -0.0851. The predicted octanol–water partition coefficient (Wildman–Crippen LogP) is 1.42. The van der Waals surface area contributed by atoms with Crippen molar-refractivity contribution >= 4 is 5.97 Å². The van der Waals surface area contributed by atoms with Gasteiger partial charge in [-0.05, 0) is 33.6 Å². The second-order valence-electron chi connectivity index (χ2n) is 4.01. The molecule has 0 spiro atoms. The van der Waals surface area contributed by atoms with Crippen LogP contribution in [0.15, 0.2) is 0 Å². The fraction of sp³-hybridized carbons (Fsp3) is 0.900. The molecule has 0 N–H and O–H groups in total. The molecule has 1 fully saturated rings. The topological polar surface area (TPSA) is 29.5 Å². The van der Waals surface area contributed by atoms with Gasteiger partial charge in [-0.25, -0.2) is 0 Å². The quantitative estimate of drug-likeness (QED) is 0.609. The molecule has 0 unspecified atom stereocenters. The Morgan fingerprint density at radius 1 is 1.46 bits per heavy atom. The number of carbonyl (C=O) groups is 1. The van der Waals surface area contributed by atoms with E-state index in [0.717, 1.165) is 12.8 Å². The maximum Gasteiger partial charge on any atom is 0.323 e. The van der Waals surface area contributed by atoms with Crippen LogP contribution >= 0.6 is 0 Å². The number of esters is 1. The van der Waals surface area contributed by atoms with Gasteiger partial charge in [-0.3, -0.25) is 9.69 Å². The van der Waals surface area contributed by atoms with Gasteiger partial charge in [-0.1, -0.05) is 0 Å². The summed E-state index contributed by atoms with van der Waals surface area (Å²) in [7, 11) is 1.46. The Labute approximate surface area is 80.1 Å². The maximum atomic E-state index is 11.4. The molecule has 0 aliphatic carbocycles. The summed E-state index contributed by atoms with van der Waals surface area (Å²) < 4.78 is 4.78. The number of hydrogen-bond acceptors (Lipinski definition) is 3. The molecule has 2 atom stereocenters. The van der Waals surface area contributed by atoms with Gasteiger partial charge in [-0.2, -0.15) is 0 Å². The summed E-state index contributed by atoms with van der Waals surface area (Å²) in [6.45, 7) is 6.42. The molecule has 1 rings (SSSR count). The van der Waals surface area contributed by atoms with Crippen molar-refractivity contribution < 1.29 is 9.53 Å². The molecule has 76 valence electrons. The number of ether oxygens (including phenoxy) is 1. The van der Waals surface area contributed by atoms with Crippen LogP contribution in [0.1, 0.15) is 33.6 Å². The van der Waals surface area contributed by atoms with Crippen molar-refractivity contribution in [3.05, 3.63) is 0 Å². The SMILES string of the molecule is COC(=O)[C@@H]1CC[C@H](C)N1C(C)C. The van der Waals surface area contributed by atoms with Crippen molar-refractivity contribution in [2.75, 3.05) is 7.11 Å². The normalized spacial score (nSPS) is 29.6. The van der Waals surface area contributed by atoms with Crippen LogP contribution in [-0.2, 0) is 9.53 Å². The third kappa shape index (κ3) is 2.02. The zero-order valence-corrected chi connectivity index (χ0v) is 8.91. The molecule has 1 aliphatic heterocycles. The lowest BCUT2D eigenvalue weighted by atomic mass is 10.2. The van der Waals surface area contributed by atoms with Crippen LogP contribution in [0.25, 0.3) is 0 Å². The van der Waals surface area contributed by atoms with E-state index < -0.39 is 0 Å². The lowest BCUT2D eigenvalue weighted by Crippen LogP contribution is -2.44. The summed E-state index contributed by atoms with van der Waals surface area (Å²) in [5.41, 5.74) is 0. The molecule has 1 saturated heterocycles. The van der Waals surface area contributed by atoms with Crippen molar-refractivity contribution in [3.63, 3.8) is 0 Å².